The molecule has 0 radical (unpaired) electrons. The summed E-state index contributed by atoms with van der Waals surface area (Å²) in [6, 6.07) is 12.3. The van der Waals surface area contributed by atoms with Crippen LogP contribution in [0.5, 0.6) is 0 Å². The van der Waals surface area contributed by atoms with Gasteiger partial charge in [0.05, 0.1) is 11.6 Å². The molecule has 0 aliphatic carbocycles. The molecule has 104 valence electrons. The van der Waals surface area contributed by atoms with Gasteiger partial charge in [0.15, 0.2) is 0 Å². The van der Waals surface area contributed by atoms with E-state index in [1.165, 1.54) is 16.0 Å². The van der Waals surface area contributed by atoms with Gasteiger partial charge in [-0.1, -0.05) is 26.0 Å². The van der Waals surface area contributed by atoms with Crippen molar-refractivity contribution in [3.05, 3.63) is 57.3 Å². The van der Waals surface area contributed by atoms with E-state index in [0.29, 0.717) is 0 Å². The second-order valence-corrected chi connectivity index (χ2v) is 6.67. The topological polar surface area (TPSA) is 35.8 Å². The van der Waals surface area contributed by atoms with E-state index in [9.17, 15) is 0 Å². The Morgan fingerprint density at radius 2 is 2.10 bits per heavy atom. The Morgan fingerprint density at radius 1 is 1.30 bits per heavy atom. The van der Waals surface area contributed by atoms with Crippen molar-refractivity contribution in [3.8, 4) is 6.07 Å². The average molecular weight is 284 g/mol. The number of thiophene rings is 1. The molecule has 2 rings (SSSR count). The summed E-state index contributed by atoms with van der Waals surface area (Å²) in [6.07, 6.45) is 0. The Kier molecular flexibility index (Phi) is 4.59. The number of rotatable bonds is 5. The summed E-state index contributed by atoms with van der Waals surface area (Å²) in [6.45, 7) is 8.36. The van der Waals surface area contributed by atoms with Crippen LogP contribution in [0.2, 0.25) is 0 Å². The molecule has 0 aliphatic rings. The lowest BCUT2D eigenvalue weighted by Gasteiger charge is -2.24. The maximum atomic E-state index is 8.88. The van der Waals surface area contributed by atoms with Crippen molar-refractivity contribution in [1.82, 2.24) is 5.32 Å². The van der Waals surface area contributed by atoms with Gasteiger partial charge in [0.1, 0.15) is 0 Å². The predicted molar refractivity (Wildman–Crippen MR) is 84.9 cm³/mol. The molecule has 0 saturated carbocycles. The Morgan fingerprint density at radius 3 is 2.70 bits per heavy atom. The van der Waals surface area contributed by atoms with Crippen LogP contribution in [-0.4, -0.2) is 6.54 Å². The molecule has 1 N–H and O–H groups in total. The minimum absolute atomic E-state index is 0.147. The molecule has 3 heteroatoms. The molecule has 0 bridgehead atoms. The van der Waals surface area contributed by atoms with Crippen LogP contribution in [0.1, 0.15) is 35.4 Å². The first-order valence-electron chi connectivity index (χ1n) is 6.77. The normalized spacial score (nSPS) is 11.3. The van der Waals surface area contributed by atoms with Crippen molar-refractivity contribution in [1.29, 1.82) is 5.26 Å². The van der Waals surface area contributed by atoms with Crippen molar-refractivity contribution in [2.75, 3.05) is 6.54 Å². The van der Waals surface area contributed by atoms with E-state index in [2.05, 4.69) is 49.7 Å². The van der Waals surface area contributed by atoms with Gasteiger partial charge in [-0.05, 0) is 41.6 Å². The number of aryl methyl sites for hydroxylation is 1. The van der Waals surface area contributed by atoms with Gasteiger partial charge in [-0.15, -0.1) is 11.3 Å². The maximum absolute atomic E-state index is 8.88. The summed E-state index contributed by atoms with van der Waals surface area (Å²) in [7, 11) is 0. The lowest BCUT2D eigenvalue weighted by Crippen LogP contribution is -2.32. The molecular formula is C17H20N2S. The smallest absolute Gasteiger partial charge is 0.0991 e. The highest BCUT2D eigenvalue weighted by molar-refractivity contribution is 7.10. The number of nitrogens with zero attached hydrogens (tertiary/aromatic N) is 1. The molecule has 0 saturated heterocycles. The number of hydrogen-bond donors (Lipinski definition) is 1. The molecule has 0 unspecified atom stereocenters. The van der Waals surface area contributed by atoms with Gasteiger partial charge in [0.2, 0.25) is 0 Å². The van der Waals surface area contributed by atoms with E-state index in [0.717, 1.165) is 18.7 Å². The first-order valence-corrected chi connectivity index (χ1v) is 7.65. The fourth-order valence-electron chi connectivity index (χ4n) is 2.22. The van der Waals surface area contributed by atoms with E-state index in [1.807, 2.05) is 29.5 Å². The third kappa shape index (κ3) is 3.47. The van der Waals surface area contributed by atoms with Crippen LogP contribution < -0.4 is 5.32 Å². The maximum Gasteiger partial charge on any atom is 0.0991 e. The summed E-state index contributed by atoms with van der Waals surface area (Å²) in [5.74, 6) is 0. The lowest BCUT2D eigenvalue weighted by atomic mass is 9.91. The molecular weight excluding hydrogens is 264 g/mol. The Labute approximate surface area is 125 Å². The van der Waals surface area contributed by atoms with E-state index in [4.69, 9.17) is 5.26 Å². The van der Waals surface area contributed by atoms with E-state index >= 15 is 0 Å². The van der Waals surface area contributed by atoms with Crippen LogP contribution in [0.4, 0.5) is 0 Å². The molecule has 0 fully saturated rings. The van der Waals surface area contributed by atoms with Crippen molar-refractivity contribution in [2.45, 2.75) is 32.7 Å². The van der Waals surface area contributed by atoms with Crippen molar-refractivity contribution in [3.63, 3.8) is 0 Å². The Balaban J connectivity index is 1.95. The number of hydrogen-bond acceptors (Lipinski definition) is 3. The number of benzene rings is 1. The third-order valence-corrected chi connectivity index (χ3v) is 4.78. The minimum Gasteiger partial charge on any atom is -0.312 e. The fourth-order valence-corrected chi connectivity index (χ4v) is 3.08. The molecule has 0 aliphatic heterocycles. The summed E-state index contributed by atoms with van der Waals surface area (Å²) < 4.78 is 0. The van der Waals surface area contributed by atoms with Crippen LogP contribution in [0, 0.1) is 18.3 Å². The largest absolute Gasteiger partial charge is 0.312 e. The molecule has 1 aromatic heterocycles. The zero-order valence-electron chi connectivity index (χ0n) is 12.2. The van der Waals surface area contributed by atoms with E-state index < -0.39 is 0 Å². The monoisotopic (exact) mass is 284 g/mol. The number of nitriles is 1. The standard InChI is InChI=1S/C17H20N2S/c1-13-9-14(10-18)6-7-15(13)11-19-12-17(2,3)16-5-4-8-20-16/h4-9,19H,11-12H2,1-3H3. The molecule has 1 aromatic carbocycles. The highest BCUT2D eigenvalue weighted by Crippen LogP contribution is 2.26. The summed E-state index contributed by atoms with van der Waals surface area (Å²) in [4.78, 5) is 1.40. The van der Waals surface area contributed by atoms with Gasteiger partial charge in [-0.2, -0.15) is 5.26 Å². The van der Waals surface area contributed by atoms with Gasteiger partial charge in [0, 0.05) is 23.4 Å². The predicted octanol–water partition coefficient (Wildman–Crippen LogP) is 4.00. The van der Waals surface area contributed by atoms with Gasteiger partial charge < -0.3 is 5.32 Å². The summed E-state index contributed by atoms with van der Waals surface area (Å²) in [5.41, 5.74) is 3.30. The van der Waals surface area contributed by atoms with Gasteiger partial charge in [-0.25, -0.2) is 0 Å². The van der Waals surface area contributed by atoms with Crippen molar-refractivity contribution < 1.29 is 0 Å². The Hall–Kier alpha value is -1.63. The highest BCUT2D eigenvalue weighted by atomic mass is 32.1. The van der Waals surface area contributed by atoms with Crippen LogP contribution in [-0.2, 0) is 12.0 Å². The molecule has 1 heterocycles. The van der Waals surface area contributed by atoms with Crippen LogP contribution >= 0.6 is 11.3 Å². The van der Waals surface area contributed by atoms with Gasteiger partial charge in [0.25, 0.3) is 0 Å². The van der Waals surface area contributed by atoms with Crippen LogP contribution in [0.25, 0.3) is 0 Å². The second-order valence-electron chi connectivity index (χ2n) is 5.72. The van der Waals surface area contributed by atoms with Crippen molar-refractivity contribution in [2.24, 2.45) is 0 Å². The molecule has 0 atom stereocenters. The van der Waals surface area contributed by atoms with Gasteiger partial charge >= 0.3 is 0 Å². The van der Waals surface area contributed by atoms with Gasteiger partial charge in [-0.3, -0.25) is 0 Å². The minimum atomic E-state index is 0.147. The lowest BCUT2D eigenvalue weighted by molar-refractivity contribution is 0.476. The number of nitrogens with one attached hydrogen (secondary N) is 1. The van der Waals surface area contributed by atoms with Crippen LogP contribution in [0.15, 0.2) is 35.7 Å². The van der Waals surface area contributed by atoms with Crippen molar-refractivity contribution >= 4 is 11.3 Å². The van der Waals surface area contributed by atoms with E-state index in [1.54, 1.807) is 0 Å². The zero-order chi connectivity index (χ0) is 14.6. The highest BCUT2D eigenvalue weighted by Gasteiger charge is 2.20. The quantitative estimate of drug-likeness (QED) is 0.901. The average Bonchev–Trinajstić information content (AvgIpc) is 2.95. The molecule has 2 aromatic rings. The summed E-state index contributed by atoms with van der Waals surface area (Å²) >= 11 is 1.81. The fraction of sp³-hybridized carbons (Fsp3) is 0.353. The zero-order valence-corrected chi connectivity index (χ0v) is 13.1. The molecule has 0 spiro atoms. The molecule has 0 amide bonds. The summed E-state index contributed by atoms with van der Waals surface area (Å²) in [5, 5.41) is 14.5. The van der Waals surface area contributed by atoms with E-state index in [-0.39, 0.29) is 5.41 Å². The third-order valence-electron chi connectivity index (χ3n) is 3.54. The SMILES string of the molecule is Cc1cc(C#N)ccc1CNCC(C)(C)c1cccs1. The Bertz CT molecular complexity index is 606. The molecule has 2 nitrogen and oxygen atoms in total. The first kappa shape index (κ1) is 14.8. The molecule has 20 heavy (non-hydrogen) atoms. The second kappa shape index (κ2) is 6.21. The first-order chi connectivity index (χ1) is 9.53. The van der Waals surface area contributed by atoms with Crippen LogP contribution in [0.3, 0.4) is 0 Å².